The Bertz CT molecular complexity index is 778. The Balaban J connectivity index is 1.35. The molecule has 1 aliphatic carbocycles. The highest BCUT2D eigenvalue weighted by atomic mass is 16.6. The van der Waals surface area contributed by atoms with Gasteiger partial charge in [0.1, 0.15) is 5.52 Å². The van der Waals surface area contributed by atoms with Gasteiger partial charge in [0.05, 0.1) is 19.0 Å². The number of likely N-dealkylation sites (tertiary alicyclic amines) is 1. The fourth-order valence-electron chi connectivity index (χ4n) is 3.64. The van der Waals surface area contributed by atoms with Gasteiger partial charge in [-0.2, -0.15) is 9.97 Å². The number of nitrogens with two attached hydrogens (primary N) is 2. The van der Waals surface area contributed by atoms with Crippen LogP contribution in [0.5, 0.6) is 0 Å². The first-order valence-electron chi connectivity index (χ1n) is 8.79. The van der Waals surface area contributed by atoms with E-state index in [0.717, 1.165) is 0 Å². The van der Waals surface area contributed by atoms with E-state index in [0.29, 0.717) is 36.8 Å². The van der Waals surface area contributed by atoms with Crippen molar-refractivity contribution in [3.05, 3.63) is 6.33 Å². The summed E-state index contributed by atoms with van der Waals surface area (Å²) in [6.45, 7) is 1.67. The average Bonchev–Trinajstić information content (AvgIpc) is 2.96. The number of amides is 1. The molecule has 9 nitrogen and oxygen atoms in total. The van der Waals surface area contributed by atoms with Gasteiger partial charge in [0.2, 0.25) is 5.95 Å². The zero-order valence-corrected chi connectivity index (χ0v) is 14.1. The third-order valence-corrected chi connectivity index (χ3v) is 5.15. The lowest BCUT2D eigenvalue weighted by molar-refractivity contribution is 0.0445. The average molecular weight is 345 g/mol. The molecule has 2 aliphatic rings. The van der Waals surface area contributed by atoms with Crippen LogP contribution >= 0.6 is 0 Å². The molecule has 0 bridgehead atoms. The number of nitrogens with zero attached hydrogens (tertiary/aromatic N) is 5. The van der Waals surface area contributed by atoms with Gasteiger partial charge in [0.25, 0.3) is 0 Å². The molecular formula is C16H23N7O2. The van der Waals surface area contributed by atoms with Crippen molar-refractivity contribution in [2.24, 2.45) is 5.92 Å². The highest BCUT2D eigenvalue weighted by Crippen LogP contribution is 2.28. The van der Waals surface area contributed by atoms with Gasteiger partial charge in [-0.15, -0.1) is 0 Å². The van der Waals surface area contributed by atoms with E-state index in [1.54, 1.807) is 11.2 Å². The van der Waals surface area contributed by atoms with Crippen LogP contribution in [0.3, 0.4) is 0 Å². The molecule has 25 heavy (non-hydrogen) atoms. The van der Waals surface area contributed by atoms with E-state index < -0.39 is 0 Å². The number of anilines is 2. The minimum atomic E-state index is -0.236. The van der Waals surface area contributed by atoms with Gasteiger partial charge >= 0.3 is 6.09 Å². The van der Waals surface area contributed by atoms with Crippen LogP contribution in [0, 0.1) is 5.92 Å². The summed E-state index contributed by atoms with van der Waals surface area (Å²) in [6, 6.07) is 0.0981. The number of ether oxygens (including phenoxy) is 1. The molecule has 4 N–H and O–H groups in total. The topological polar surface area (TPSA) is 125 Å². The van der Waals surface area contributed by atoms with E-state index in [9.17, 15) is 4.79 Å². The molecule has 1 aliphatic heterocycles. The summed E-state index contributed by atoms with van der Waals surface area (Å²) in [5, 5.41) is 0. The van der Waals surface area contributed by atoms with Crippen LogP contribution in [-0.2, 0) is 4.74 Å². The van der Waals surface area contributed by atoms with Crippen LogP contribution in [-0.4, -0.2) is 50.2 Å². The summed E-state index contributed by atoms with van der Waals surface area (Å²) in [6.07, 6.45) is 7.56. The summed E-state index contributed by atoms with van der Waals surface area (Å²) in [5.74, 6) is 0.911. The zero-order valence-electron chi connectivity index (χ0n) is 14.1. The largest absolute Gasteiger partial charge is 0.449 e. The molecule has 1 amide bonds. The third-order valence-electron chi connectivity index (χ3n) is 5.15. The molecule has 134 valence electrons. The summed E-state index contributed by atoms with van der Waals surface area (Å²) in [7, 11) is 0. The number of carbonyl (C=O) groups is 1. The van der Waals surface area contributed by atoms with E-state index in [4.69, 9.17) is 16.2 Å². The Morgan fingerprint density at radius 1 is 1.20 bits per heavy atom. The third kappa shape index (κ3) is 3.06. The van der Waals surface area contributed by atoms with E-state index in [1.165, 1.54) is 32.1 Å². The van der Waals surface area contributed by atoms with Crippen molar-refractivity contribution in [2.75, 3.05) is 31.2 Å². The normalized spacial score (nSPS) is 19.1. The maximum absolute atomic E-state index is 12.2. The number of hydrogen-bond donors (Lipinski definition) is 2. The van der Waals surface area contributed by atoms with Gasteiger partial charge in [0, 0.05) is 13.1 Å². The van der Waals surface area contributed by atoms with Crippen molar-refractivity contribution in [1.82, 2.24) is 24.4 Å². The second-order valence-electron chi connectivity index (χ2n) is 6.93. The number of aromatic nitrogens is 4. The van der Waals surface area contributed by atoms with Crippen molar-refractivity contribution >= 4 is 29.0 Å². The molecule has 0 aromatic carbocycles. The van der Waals surface area contributed by atoms with E-state index >= 15 is 0 Å². The standard InChI is InChI=1S/C16H23N7O2/c17-13-12-14(21-15(18)20-13)23(9-19-12)11-6-22(7-11)16(24)25-8-10-4-2-1-3-5-10/h9-11H,1-8H2,(H4,17,18,20,21). The molecule has 3 heterocycles. The maximum atomic E-state index is 12.2. The van der Waals surface area contributed by atoms with Crippen molar-refractivity contribution in [1.29, 1.82) is 0 Å². The lowest BCUT2D eigenvalue weighted by atomic mass is 9.90. The van der Waals surface area contributed by atoms with E-state index in [-0.39, 0.29) is 23.9 Å². The van der Waals surface area contributed by atoms with Gasteiger partial charge in [-0.25, -0.2) is 9.78 Å². The van der Waals surface area contributed by atoms with Gasteiger partial charge < -0.3 is 25.7 Å². The van der Waals surface area contributed by atoms with Crippen LogP contribution in [0.25, 0.3) is 11.2 Å². The Morgan fingerprint density at radius 3 is 2.72 bits per heavy atom. The zero-order chi connectivity index (χ0) is 17.4. The molecule has 0 atom stereocenters. The molecule has 0 unspecified atom stereocenters. The van der Waals surface area contributed by atoms with Crippen LogP contribution in [0.2, 0.25) is 0 Å². The van der Waals surface area contributed by atoms with Crippen molar-refractivity contribution in [2.45, 2.75) is 38.1 Å². The summed E-state index contributed by atoms with van der Waals surface area (Å²) < 4.78 is 7.37. The number of rotatable bonds is 3. The summed E-state index contributed by atoms with van der Waals surface area (Å²) in [5.41, 5.74) is 12.6. The fraction of sp³-hybridized carbons (Fsp3) is 0.625. The molecule has 2 fully saturated rings. The lowest BCUT2D eigenvalue weighted by Gasteiger charge is -2.39. The molecule has 1 saturated heterocycles. The van der Waals surface area contributed by atoms with E-state index in [1.807, 2.05) is 4.57 Å². The van der Waals surface area contributed by atoms with Gasteiger partial charge in [-0.3, -0.25) is 0 Å². The number of nitrogen functional groups attached to an aromatic ring is 2. The molecule has 2 aromatic rings. The first kappa shape index (κ1) is 15.9. The number of fused-ring (bicyclic) bond motifs is 1. The summed E-state index contributed by atoms with van der Waals surface area (Å²) in [4.78, 5) is 26.3. The van der Waals surface area contributed by atoms with Crippen LogP contribution in [0.1, 0.15) is 38.1 Å². The number of hydrogen-bond acceptors (Lipinski definition) is 7. The highest BCUT2D eigenvalue weighted by molar-refractivity contribution is 5.82. The lowest BCUT2D eigenvalue weighted by Crippen LogP contribution is -2.51. The van der Waals surface area contributed by atoms with E-state index in [2.05, 4.69) is 15.0 Å². The maximum Gasteiger partial charge on any atom is 0.409 e. The first-order valence-corrected chi connectivity index (χ1v) is 8.79. The quantitative estimate of drug-likeness (QED) is 0.864. The second kappa shape index (κ2) is 6.38. The van der Waals surface area contributed by atoms with Crippen molar-refractivity contribution < 1.29 is 9.53 Å². The highest BCUT2D eigenvalue weighted by Gasteiger charge is 2.34. The first-order chi connectivity index (χ1) is 12.1. The predicted octanol–water partition coefficient (Wildman–Crippen LogP) is 1.56. The number of carbonyl (C=O) groups excluding carboxylic acids is 1. The van der Waals surface area contributed by atoms with Gasteiger partial charge in [-0.1, -0.05) is 19.3 Å². The second-order valence-corrected chi connectivity index (χ2v) is 6.93. The summed E-state index contributed by atoms with van der Waals surface area (Å²) >= 11 is 0. The SMILES string of the molecule is Nc1nc(N)c2ncn(C3CN(C(=O)OCC4CCCCC4)C3)c2n1. The Labute approximate surface area is 145 Å². The van der Waals surface area contributed by atoms with Crippen LogP contribution < -0.4 is 11.5 Å². The smallest absolute Gasteiger partial charge is 0.409 e. The van der Waals surface area contributed by atoms with Crippen molar-refractivity contribution in [3.8, 4) is 0 Å². The monoisotopic (exact) mass is 345 g/mol. The Hall–Kier alpha value is -2.58. The molecule has 2 aromatic heterocycles. The Kier molecular flexibility index (Phi) is 4.06. The molecule has 9 heteroatoms. The van der Waals surface area contributed by atoms with Gasteiger partial charge in [-0.05, 0) is 18.8 Å². The van der Waals surface area contributed by atoms with Crippen LogP contribution in [0.4, 0.5) is 16.6 Å². The van der Waals surface area contributed by atoms with Crippen molar-refractivity contribution in [3.63, 3.8) is 0 Å². The van der Waals surface area contributed by atoms with Gasteiger partial charge in [0.15, 0.2) is 11.5 Å². The molecule has 4 rings (SSSR count). The molecular weight excluding hydrogens is 322 g/mol. The molecule has 0 spiro atoms. The fourth-order valence-corrected chi connectivity index (χ4v) is 3.64. The minimum absolute atomic E-state index is 0.0981. The number of imidazole rings is 1. The van der Waals surface area contributed by atoms with Crippen LogP contribution in [0.15, 0.2) is 6.33 Å². The minimum Gasteiger partial charge on any atom is -0.449 e. The molecule has 0 radical (unpaired) electrons. The Morgan fingerprint density at radius 2 is 1.96 bits per heavy atom. The molecule has 1 saturated carbocycles. The predicted molar refractivity (Wildman–Crippen MR) is 92.7 cm³/mol.